The van der Waals surface area contributed by atoms with E-state index in [0.717, 1.165) is 6.42 Å². The number of hydrogen-bond acceptors (Lipinski definition) is 4. The fourth-order valence-electron chi connectivity index (χ4n) is 1.03. The summed E-state index contributed by atoms with van der Waals surface area (Å²) in [6.45, 7) is 0.153. The van der Waals surface area contributed by atoms with Crippen LogP contribution in [0.25, 0.3) is 0 Å². The zero-order valence-corrected chi connectivity index (χ0v) is 10.1. The molecule has 0 radical (unpaired) electrons. The molecule has 0 aromatic heterocycles. The Kier molecular flexibility index (Phi) is 9.67. The van der Waals surface area contributed by atoms with Gasteiger partial charge in [0.2, 0.25) is 0 Å². The normalized spacial score (nSPS) is 12.5. The van der Waals surface area contributed by atoms with E-state index < -0.39 is 0 Å². The van der Waals surface area contributed by atoms with Crippen molar-refractivity contribution >= 4 is 35.1 Å². The van der Waals surface area contributed by atoms with Gasteiger partial charge >= 0.3 is 92.5 Å². The van der Waals surface area contributed by atoms with Crippen molar-refractivity contribution < 1.29 is 9.90 Å². The average Bonchev–Trinajstić information content (AvgIpc) is 2.21. The zero-order chi connectivity index (χ0) is 10.8. The Bertz CT molecular complexity index is 195. The van der Waals surface area contributed by atoms with Crippen molar-refractivity contribution in [3.05, 3.63) is 0 Å². The first-order valence-corrected chi connectivity index (χ1v) is 5.62. The Balaban J connectivity index is 3.62. The van der Waals surface area contributed by atoms with Gasteiger partial charge in [-0.25, -0.2) is 0 Å². The third-order valence-electron chi connectivity index (χ3n) is 1.88. The Morgan fingerprint density at radius 2 is 2.36 bits per heavy atom. The maximum atomic E-state index is 11.1. The van der Waals surface area contributed by atoms with E-state index >= 15 is 0 Å². The first kappa shape index (κ1) is 14.1. The Morgan fingerprint density at radius 3 is 2.86 bits per heavy atom. The van der Waals surface area contributed by atoms with Crippen molar-refractivity contribution in [2.75, 3.05) is 12.4 Å². The molecular formula is C7H16BN2O2PS. The van der Waals surface area contributed by atoms with Crippen LogP contribution in [0.1, 0.15) is 19.3 Å². The zero-order valence-electron chi connectivity index (χ0n) is 8.02. The fourth-order valence-corrected chi connectivity index (χ4v) is 1.47. The molecule has 7 heteroatoms. The SMILES string of the molecule is O=C(CCC(CS)CCO)N/B=N/P. The van der Waals surface area contributed by atoms with Crippen LogP contribution in [0.3, 0.4) is 0 Å². The minimum absolute atomic E-state index is 0.0547. The van der Waals surface area contributed by atoms with Crippen LogP contribution in [-0.2, 0) is 4.79 Å². The monoisotopic (exact) mass is 234 g/mol. The second kappa shape index (κ2) is 9.62. The molecule has 0 rings (SSSR count). The van der Waals surface area contributed by atoms with Crippen LogP contribution in [0.15, 0.2) is 4.67 Å². The van der Waals surface area contributed by atoms with E-state index in [1.54, 1.807) is 0 Å². The van der Waals surface area contributed by atoms with Crippen LogP contribution >= 0.6 is 22.0 Å². The Hall–Kier alpha value is 0.0749. The third-order valence-corrected chi connectivity index (χ3v) is 2.54. The average molecular weight is 234 g/mol. The maximum absolute atomic E-state index is 11.1. The summed E-state index contributed by atoms with van der Waals surface area (Å²) in [6, 6.07) is 0. The predicted octanol–water partition coefficient (Wildman–Crippen LogP) is 0.404. The number of hydrogen-bond donors (Lipinski definition) is 3. The number of carbonyl (C=O) groups is 1. The minimum atomic E-state index is -0.0547. The van der Waals surface area contributed by atoms with Gasteiger partial charge in [-0.05, 0) is 0 Å². The van der Waals surface area contributed by atoms with E-state index in [0.29, 0.717) is 24.5 Å². The van der Waals surface area contributed by atoms with Crippen molar-refractivity contribution in [2.24, 2.45) is 10.6 Å². The molecule has 0 saturated heterocycles. The summed E-state index contributed by atoms with van der Waals surface area (Å²) in [5.41, 5.74) is 0. The number of aliphatic hydroxyl groups is 1. The number of nitrogens with zero attached hydrogens (tertiary/aromatic N) is 1. The van der Waals surface area contributed by atoms with Gasteiger partial charge in [-0.15, -0.1) is 0 Å². The first-order valence-electron chi connectivity index (χ1n) is 4.47. The molecule has 80 valence electrons. The summed E-state index contributed by atoms with van der Waals surface area (Å²) in [7, 11) is 3.48. The van der Waals surface area contributed by atoms with Crippen LogP contribution < -0.4 is 5.23 Å². The molecule has 1 amide bonds. The van der Waals surface area contributed by atoms with Gasteiger partial charge < -0.3 is 0 Å². The van der Waals surface area contributed by atoms with Gasteiger partial charge in [-0.2, -0.15) is 0 Å². The molecule has 0 aromatic carbocycles. The van der Waals surface area contributed by atoms with Gasteiger partial charge in [-0.1, -0.05) is 0 Å². The van der Waals surface area contributed by atoms with E-state index in [-0.39, 0.29) is 12.5 Å². The molecule has 2 N–H and O–H groups in total. The number of carbonyl (C=O) groups excluding carboxylic acids is 1. The number of rotatable bonds is 7. The van der Waals surface area contributed by atoms with Crippen molar-refractivity contribution in [2.45, 2.75) is 19.3 Å². The summed E-state index contributed by atoms with van der Waals surface area (Å²) < 4.78 is 3.56. The first-order chi connectivity index (χ1) is 6.74. The molecule has 0 heterocycles. The number of amides is 1. The van der Waals surface area contributed by atoms with Crippen LogP contribution in [0.2, 0.25) is 0 Å². The molecule has 0 saturated carbocycles. The molecule has 0 spiro atoms. The molecule has 14 heavy (non-hydrogen) atoms. The molecule has 0 aliphatic heterocycles. The van der Waals surface area contributed by atoms with Crippen LogP contribution in [0, 0.1) is 5.92 Å². The van der Waals surface area contributed by atoms with Crippen molar-refractivity contribution in [1.82, 2.24) is 5.23 Å². The molecule has 0 aliphatic rings. The van der Waals surface area contributed by atoms with Crippen LogP contribution in [-0.4, -0.2) is 30.6 Å². The second-order valence-electron chi connectivity index (χ2n) is 2.95. The van der Waals surface area contributed by atoms with Gasteiger partial charge in [0.25, 0.3) is 0 Å². The topological polar surface area (TPSA) is 61.7 Å². The molecule has 2 atom stereocenters. The van der Waals surface area contributed by atoms with E-state index in [1.807, 2.05) is 0 Å². The van der Waals surface area contributed by atoms with Crippen LogP contribution in [0.4, 0.5) is 0 Å². The van der Waals surface area contributed by atoms with Crippen molar-refractivity contribution in [3.63, 3.8) is 0 Å². The summed E-state index contributed by atoms with van der Waals surface area (Å²) >= 11 is 4.15. The summed E-state index contributed by atoms with van der Waals surface area (Å²) in [6.07, 6.45) is 1.90. The number of aliphatic hydroxyl groups excluding tert-OH is 1. The molecule has 4 nitrogen and oxygen atoms in total. The van der Waals surface area contributed by atoms with E-state index in [2.05, 4.69) is 31.9 Å². The Labute approximate surface area is 92.9 Å². The van der Waals surface area contributed by atoms with E-state index in [9.17, 15) is 4.79 Å². The van der Waals surface area contributed by atoms with Gasteiger partial charge in [0.05, 0.1) is 0 Å². The van der Waals surface area contributed by atoms with Crippen molar-refractivity contribution in [3.8, 4) is 0 Å². The van der Waals surface area contributed by atoms with Crippen molar-refractivity contribution in [1.29, 1.82) is 0 Å². The molecule has 0 bridgehead atoms. The Morgan fingerprint density at radius 1 is 1.64 bits per heavy atom. The van der Waals surface area contributed by atoms with Crippen LogP contribution in [0.5, 0.6) is 0 Å². The van der Waals surface area contributed by atoms with E-state index in [1.165, 1.54) is 7.21 Å². The van der Waals surface area contributed by atoms with E-state index in [4.69, 9.17) is 5.11 Å². The molecule has 0 fully saturated rings. The van der Waals surface area contributed by atoms with Gasteiger partial charge in [-0.3, -0.25) is 0 Å². The number of nitrogens with one attached hydrogen (secondary N) is 1. The standard InChI is InChI=1S/C7H16BN2O2PS/c11-4-3-6(5-14)1-2-7(12)9-8-10-13/h6,11,14H,1-5,13H2,(H,9,12). The fraction of sp³-hybridized carbons (Fsp3) is 0.857. The number of thiol groups is 1. The molecule has 0 aliphatic carbocycles. The van der Waals surface area contributed by atoms with Gasteiger partial charge in [0.15, 0.2) is 0 Å². The van der Waals surface area contributed by atoms with Gasteiger partial charge in [0.1, 0.15) is 0 Å². The third kappa shape index (κ3) is 7.48. The summed E-state index contributed by atoms with van der Waals surface area (Å²) in [5.74, 6) is 0.953. The molecule has 0 aromatic rings. The summed E-state index contributed by atoms with van der Waals surface area (Å²) in [4.78, 5) is 11.1. The second-order valence-corrected chi connectivity index (χ2v) is 3.61. The quantitative estimate of drug-likeness (QED) is 0.339. The molecular weight excluding hydrogens is 218 g/mol. The molecule has 2 unspecified atom stereocenters. The summed E-state index contributed by atoms with van der Waals surface area (Å²) in [5, 5.41) is 11.2. The van der Waals surface area contributed by atoms with Gasteiger partial charge in [0, 0.05) is 0 Å². The predicted molar refractivity (Wildman–Crippen MR) is 64.3 cm³/mol.